The molecule has 2 saturated heterocycles. The molecule has 5 unspecified atom stereocenters. The number of piperidine rings is 1. The second-order valence-corrected chi connectivity index (χ2v) is 11.2. The number of hydrogen-bond donors (Lipinski definition) is 0. The Morgan fingerprint density at radius 1 is 0.839 bits per heavy atom. The van der Waals surface area contributed by atoms with Crippen molar-refractivity contribution in [2.75, 3.05) is 13.1 Å². The molecule has 0 aromatic carbocycles. The van der Waals surface area contributed by atoms with Crippen molar-refractivity contribution in [2.45, 2.75) is 96.4 Å². The SMILES string of the molecule is CC1CCC2CCC1[C@@H]1C(=O)N(CCCCC(=O)N3CCCC4CCCCC43)C(=O)[C@H]21. The first-order chi connectivity index (χ1) is 15.1. The van der Waals surface area contributed by atoms with Crippen LogP contribution < -0.4 is 0 Å². The maximum Gasteiger partial charge on any atom is 0.233 e. The van der Waals surface area contributed by atoms with E-state index in [4.69, 9.17) is 0 Å². The molecule has 5 nitrogen and oxygen atoms in total. The normalized spacial score (nSPS) is 40.0. The number of fused-ring (bicyclic) bond motifs is 4. The summed E-state index contributed by atoms with van der Waals surface area (Å²) in [7, 11) is 0. The van der Waals surface area contributed by atoms with Crippen molar-refractivity contribution in [1.29, 1.82) is 0 Å². The number of imide groups is 1. The molecule has 6 fully saturated rings. The molecule has 4 saturated carbocycles. The van der Waals surface area contributed by atoms with Gasteiger partial charge in [-0.25, -0.2) is 0 Å². The predicted molar refractivity (Wildman–Crippen MR) is 119 cm³/mol. The van der Waals surface area contributed by atoms with Crippen LogP contribution in [0.2, 0.25) is 0 Å². The smallest absolute Gasteiger partial charge is 0.233 e. The van der Waals surface area contributed by atoms with E-state index >= 15 is 0 Å². The maximum atomic E-state index is 13.2. The number of unbranched alkanes of at least 4 members (excludes halogenated alkanes) is 1. The number of carbonyl (C=O) groups is 3. The highest BCUT2D eigenvalue weighted by Gasteiger charge is 2.57. The zero-order chi connectivity index (χ0) is 21.5. The van der Waals surface area contributed by atoms with Crippen LogP contribution in [-0.4, -0.2) is 46.7 Å². The average Bonchev–Trinajstić information content (AvgIpc) is 2.91. The van der Waals surface area contributed by atoms with Crippen LogP contribution in [0.1, 0.15) is 90.4 Å². The van der Waals surface area contributed by atoms with E-state index in [1.807, 2.05) is 0 Å². The summed E-state index contributed by atoms with van der Waals surface area (Å²) < 4.78 is 0. The highest BCUT2D eigenvalue weighted by Crippen LogP contribution is 2.53. The summed E-state index contributed by atoms with van der Waals surface area (Å²) in [5, 5.41) is 0. The Morgan fingerprint density at radius 3 is 2.45 bits per heavy atom. The molecule has 2 bridgehead atoms. The molecule has 0 spiro atoms. The molecule has 6 rings (SSSR count). The fourth-order valence-electron chi connectivity index (χ4n) is 7.98. The molecule has 2 aliphatic heterocycles. The van der Waals surface area contributed by atoms with E-state index in [-0.39, 0.29) is 23.7 Å². The fourth-order valence-corrected chi connectivity index (χ4v) is 7.98. The van der Waals surface area contributed by atoms with E-state index < -0.39 is 0 Å². The van der Waals surface area contributed by atoms with Gasteiger partial charge in [0.1, 0.15) is 0 Å². The van der Waals surface area contributed by atoms with Crippen LogP contribution in [0.15, 0.2) is 0 Å². The summed E-state index contributed by atoms with van der Waals surface area (Å²) in [4.78, 5) is 43.1. The first-order valence-electron chi connectivity index (χ1n) is 13.2. The molecule has 0 radical (unpaired) electrons. The molecule has 0 aromatic rings. The van der Waals surface area contributed by atoms with Gasteiger partial charge < -0.3 is 4.90 Å². The summed E-state index contributed by atoms with van der Waals surface area (Å²) in [5.74, 6) is 2.49. The van der Waals surface area contributed by atoms with Gasteiger partial charge in [0, 0.05) is 25.6 Å². The lowest BCUT2D eigenvalue weighted by Crippen LogP contribution is -2.49. The lowest BCUT2D eigenvalue weighted by Gasteiger charge is -2.44. The van der Waals surface area contributed by atoms with Gasteiger partial charge >= 0.3 is 0 Å². The number of amides is 3. The van der Waals surface area contributed by atoms with Gasteiger partial charge in [0.25, 0.3) is 0 Å². The van der Waals surface area contributed by atoms with Crippen LogP contribution in [0, 0.1) is 35.5 Å². The van der Waals surface area contributed by atoms with Crippen molar-refractivity contribution in [3.8, 4) is 0 Å². The molecule has 4 aliphatic carbocycles. The van der Waals surface area contributed by atoms with Gasteiger partial charge in [-0.05, 0) is 81.5 Å². The van der Waals surface area contributed by atoms with Crippen LogP contribution in [0.4, 0.5) is 0 Å². The number of rotatable bonds is 5. The second-order valence-electron chi connectivity index (χ2n) is 11.2. The second kappa shape index (κ2) is 8.86. The maximum absolute atomic E-state index is 13.2. The van der Waals surface area contributed by atoms with Gasteiger partial charge in [0.05, 0.1) is 11.8 Å². The molecular formula is C26H40N2O3. The van der Waals surface area contributed by atoms with Crippen LogP contribution in [0.5, 0.6) is 0 Å². The zero-order valence-corrected chi connectivity index (χ0v) is 19.3. The quantitative estimate of drug-likeness (QED) is 0.482. The van der Waals surface area contributed by atoms with Crippen LogP contribution in [0.3, 0.4) is 0 Å². The van der Waals surface area contributed by atoms with Gasteiger partial charge in [-0.2, -0.15) is 0 Å². The highest BCUT2D eigenvalue weighted by molar-refractivity contribution is 6.05. The van der Waals surface area contributed by atoms with E-state index in [1.165, 1.54) is 38.5 Å². The third-order valence-corrected chi connectivity index (χ3v) is 9.64. The molecule has 3 amide bonds. The Hall–Kier alpha value is -1.39. The van der Waals surface area contributed by atoms with Gasteiger partial charge in [-0.1, -0.05) is 26.2 Å². The molecular weight excluding hydrogens is 388 g/mol. The summed E-state index contributed by atoms with van der Waals surface area (Å²) in [6.07, 6.45) is 14.1. The molecule has 172 valence electrons. The Balaban J connectivity index is 1.14. The number of likely N-dealkylation sites (tertiary alicyclic amines) is 2. The number of carbonyl (C=O) groups excluding carboxylic acids is 3. The molecule has 0 aromatic heterocycles. The summed E-state index contributed by atoms with van der Waals surface area (Å²) in [6.45, 7) is 3.71. The van der Waals surface area contributed by atoms with Crippen LogP contribution >= 0.6 is 0 Å². The Bertz CT molecular complexity index is 719. The fraction of sp³-hybridized carbons (Fsp3) is 0.885. The third-order valence-electron chi connectivity index (χ3n) is 9.64. The van der Waals surface area contributed by atoms with E-state index in [1.54, 1.807) is 4.90 Å². The summed E-state index contributed by atoms with van der Waals surface area (Å²) >= 11 is 0. The Kier molecular flexibility index (Phi) is 6.13. The minimum absolute atomic E-state index is 0.0468. The topological polar surface area (TPSA) is 57.7 Å². The summed E-state index contributed by atoms with van der Waals surface area (Å²) in [5.41, 5.74) is 0. The lowest BCUT2D eigenvalue weighted by atomic mass is 9.67. The molecule has 2 heterocycles. The van der Waals surface area contributed by atoms with E-state index in [0.29, 0.717) is 42.7 Å². The van der Waals surface area contributed by atoms with Gasteiger partial charge in [0.15, 0.2) is 0 Å². The van der Waals surface area contributed by atoms with Crippen molar-refractivity contribution in [3.63, 3.8) is 0 Å². The standard InChI is InChI=1S/C26H40N2O3/c1-17-11-12-19-13-14-20(17)24-23(19)25(30)28(26(24)31)15-5-4-10-22(29)27-16-6-8-18-7-2-3-9-21(18)27/h17-21,23-24H,2-16H2,1H3/t17?,18?,19?,20?,21?,23-,24+/m1/s1. The minimum Gasteiger partial charge on any atom is -0.339 e. The van der Waals surface area contributed by atoms with Crippen molar-refractivity contribution in [1.82, 2.24) is 9.80 Å². The third kappa shape index (κ3) is 3.84. The molecule has 7 atom stereocenters. The van der Waals surface area contributed by atoms with E-state index in [0.717, 1.165) is 51.0 Å². The lowest BCUT2D eigenvalue weighted by molar-refractivity contribution is -0.140. The average molecular weight is 429 g/mol. The largest absolute Gasteiger partial charge is 0.339 e. The number of nitrogens with zero attached hydrogens (tertiary/aromatic N) is 2. The molecule has 31 heavy (non-hydrogen) atoms. The van der Waals surface area contributed by atoms with Crippen molar-refractivity contribution in [3.05, 3.63) is 0 Å². The van der Waals surface area contributed by atoms with E-state index in [9.17, 15) is 14.4 Å². The van der Waals surface area contributed by atoms with Gasteiger partial charge in [-0.3, -0.25) is 19.3 Å². The first kappa shape index (κ1) is 21.5. The van der Waals surface area contributed by atoms with Crippen LogP contribution in [0.25, 0.3) is 0 Å². The zero-order valence-electron chi connectivity index (χ0n) is 19.3. The Morgan fingerprint density at radius 2 is 1.58 bits per heavy atom. The van der Waals surface area contributed by atoms with E-state index in [2.05, 4.69) is 11.8 Å². The molecule has 5 heteroatoms. The Labute approximate surface area is 187 Å². The van der Waals surface area contributed by atoms with Crippen molar-refractivity contribution < 1.29 is 14.4 Å². The van der Waals surface area contributed by atoms with Crippen molar-refractivity contribution >= 4 is 17.7 Å². The highest BCUT2D eigenvalue weighted by atomic mass is 16.2. The van der Waals surface area contributed by atoms with Crippen LogP contribution in [-0.2, 0) is 14.4 Å². The summed E-state index contributed by atoms with van der Waals surface area (Å²) in [6, 6.07) is 0.473. The van der Waals surface area contributed by atoms with Gasteiger partial charge in [0.2, 0.25) is 17.7 Å². The monoisotopic (exact) mass is 428 g/mol. The van der Waals surface area contributed by atoms with Gasteiger partial charge in [-0.15, -0.1) is 0 Å². The molecule has 0 N–H and O–H groups in total. The van der Waals surface area contributed by atoms with Crippen molar-refractivity contribution in [2.24, 2.45) is 35.5 Å². The number of hydrogen-bond acceptors (Lipinski definition) is 3. The minimum atomic E-state index is -0.0537. The predicted octanol–water partition coefficient (Wildman–Crippen LogP) is 4.40. The first-order valence-corrected chi connectivity index (χ1v) is 13.2. The molecule has 6 aliphatic rings.